The number of morpholine rings is 1. The van der Waals surface area contributed by atoms with Crippen LogP contribution in [0.2, 0.25) is 0 Å². The molecule has 6 nitrogen and oxygen atoms in total. The van der Waals surface area contributed by atoms with Gasteiger partial charge in [-0.1, -0.05) is 42.1 Å². The second-order valence-electron chi connectivity index (χ2n) is 6.86. The lowest BCUT2D eigenvalue weighted by atomic mass is 10.2. The normalized spacial score (nSPS) is 22.5. The van der Waals surface area contributed by atoms with Crippen LogP contribution in [-0.4, -0.2) is 68.5 Å². The topological polar surface area (TPSA) is 63.4 Å². The minimum atomic E-state index is -0.403. The monoisotopic (exact) mass is 376 g/mol. The van der Waals surface area contributed by atoms with E-state index < -0.39 is 6.10 Å². The molecular formula is C19H28N4O2S. The van der Waals surface area contributed by atoms with Crippen molar-refractivity contribution in [3.8, 4) is 11.4 Å². The Hall–Kier alpha value is -1.41. The zero-order valence-corrected chi connectivity index (χ0v) is 16.5. The number of β-amino-alcohol motifs (C(OH)–C–C–N with tert-alkyl or cyclic N) is 1. The zero-order valence-electron chi connectivity index (χ0n) is 15.7. The van der Waals surface area contributed by atoms with Crippen molar-refractivity contribution < 1.29 is 9.84 Å². The molecule has 1 N–H and O–H groups in total. The van der Waals surface area contributed by atoms with Gasteiger partial charge in [0.15, 0.2) is 11.0 Å². The number of thioether (sulfide) groups is 1. The summed E-state index contributed by atoms with van der Waals surface area (Å²) in [6, 6.07) is 10.1. The van der Waals surface area contributed by atoms with Gasteiger partial charge in [-0.2, -0.15) is 0 Å². The molecule has 3 atom stereocenters. The van der Waals surface area contributed by atoms with Crippen molar-refractivity contribution in [2.75, 3.05) is 25.4 Å². The Bertz CT molecular complexity index is 684. The molecule has 3 rings (SSSR count). The Morgan fingerprint density at radius 1 is 1.19 bits per heavy atom. The molecule has 0 amide bonds. The van der Waals surface area contributed by atoms with Gasteiger partial charge in [-0.25, -0.2) is 0 Å². The molecule has 0 aliphatic carbocycles. The van der Waals surface area contributed by atoms with Gasteiger partial charge in [-0.3, -0.25) is 4.90 Å². The highest BCUT2D eigenvalue weighted by Crippen LogP contribution is 2.24. The lowest BCUT2D eigenvalue weighted by Gasteiger charge is -2.36. The summed E-state index contributed by atoms with van der Waals surface area (Å²) in [4.78, 5) is 2.28. The van der Waals surface area contributed by atoms with E-state index in [-0.39, 0.29) is 12.2 Å². The van der Waals surface area contributed by atoms with Crippen LogP contribution in [0.15, 0.2) is 35.5 Å². The summed E-state index contributed by atoms with van der Waals surface area (Å²) < 4.78 is 7.85. The van der Waals surface area contributed by atoms with E-state index in [0.29, 0.717) is 12.3 Å². The molecule has 26 heavy (non-hydrogen) atoms. The van der Waals surface area contributed by atoms with Crippen molar-refractivity contribution in [1.29, 1.82) is 0 Å². The average molecular weight is 377 g/mol. The molecule has 0 bridgehead atoms. The van der Waals surface area contributed by atoms with Crippen LogP contribution in [-0.2, 0) is 11.3 Å². The van der Waals surface area contributed by atoms with Crippen LogP contribution in [0.1, 0.15) is 20.8 Å². The average Bonchev–Trinajstić information content (AvgIpc) is 3.02. The standard InChI is InChI=1S/C19H28N4O2S/c1-4-23-18(16-8-6-5-7-9-16)20-21-19(23)26-13-17(24)12-22-10-14(2)25-15(3)11-22/h5-9,14-15,17,24H,4,10-13H2,1-3H3/t14-,15-,17-/m1/s1. The van der Waals surface area contributed by atoms with E-state index in [1.54, 1.807) is 11.8 Å². The van der Waals surface area contributed by atoms with Gasteiger partial charge in [0.05, 0.1) is 18.3 Å². The van der Waals surface area contributed by atoms with Gasteiger partial charge in [-0.15, -0.1) is 10.2 Å². The van der Waals surface area contributed by atoms with E-state index in [1.807, 2.05) is 30.3 Å². The fraction of sp³-hybridized carbons (Fsp3) is 0.579. The summed E-state index contributed by atoms with van der Waals surface area (Å²) in [6.07, 6.45) is 0.0325. The summed E-state index contributed by atoms with van der Waals surface area (Å²) in [7, 11) is 0. The number of hydrogen-bond donors (Lipinski definition) is 1. The third-order valence-corrected chi connectivity index (χ3v) is 5.55. The second-order valence-corrected chi connectivity index (χ2v) is 7.84. The van der Waals surface area contributed by atoms with Gasteiger partial charge < -0.3 is 14.4 Å². The maximum atomic E-state index is 10.5. The molecule has 0 spiro atoms. The molecule has 1 aromatic carbocycles. The van der Waals surface area contributed by atoms with Crippen molar-refractivity contribution in [3.05, 3.63) is 30.3 Å². The fourth-order valence-corrected chi connectivity index (χ4v) is 4.35. The number of ether oxygens (including phenoxy) is 1. The third kappa shape index (κ3) is 4.85. The Morgan fingerprint density at radius 2 is 1.88 bits per heavy atom. The van der Waals surface area contributed by atoms with E-state index in [2.05, 4.69) is 40.4 Å². The number of aliphatic hydroxyl groups is 1. The first-order chi connectivity index (χ1) is 12.6. The van der Waals surface area contributed by atoms with Crippen molar-refractivity contribution in [2.45, 2.75) is 50.8 Å². The van der Waals surface area contributed by atoms with Gasteiger partial charge in [0, 0.05) is 37.5 Å². The first-order valence-corrected chi connectivity index (χ1v) is 10.2. The quantitative estimate of drug-likeness (QED) is 0.749. The molecule has 2 heterocycles. The van der Waals surface area contributed by atoms with Crippen LogP contribution < -0.4 is 0 Å². The van der Waals surface area contributed by atoms with Crippen LogP contribution >= 0.6 is 11.8 Å². The Balaban J connectivity index is 1.58. The number of hydrogen-bond acceptors (Lipinski definition) is 6. The lowest BCUT2D eigenvalue weighted by molar-refractivity contribution is -0.0750. The Labute approximate surface area is 159 Å². The highest BCUT2D eigenvalue weighted by atomic mass is 32.2. The molecule has 0 radical (unpaired) electrons. The van der Waals surface area contributed by atoms with E-state index in [1.165, 1.54) is 0 Å². The Morgan fingerprint density at radius 3 is 2.54 bits per heavy atom. The largest absolute Gasteiger partial charge is 0.391 e. The third-order valence-electron chi connectivity index (χ3n) is 4.43. The number of aliphatic hydroxyl groups excluding tert-OH is 1. The van der Waals surface area contributed by atoms with Crippen molar-refractivity contribution in [3.63, 3.8) is 0 Å². The number of nitrogens with zero attached hydrogens (tertiary/aromatic N) is 4. The van der Waals surface area contributed by atoms with Crippen molar-refractivity contribution in [2.24, 2.45) is 0 Å². The molecule has 1 aromatic heterocycles. The molecule has 7 heteroatoms. The number of benzene rings is 1. The maximum absolute atomic E-state index is 10.5. The van der Waals surface area contributed by atoms with E-state index in [0.717, 1.165) is 36.2 Å². The van der Waals surface area contributed by atoms with E-state index >= 15 is 0 Å². The summed E-state index contributed by atoms with van der Waals surface area (Å²) in [5.74, 6) is 1.48. The van der Waals surface area contributed by atoms with Crippen molar-refractivity contribution >= 4 is 11.8 Å². The van der Waals surface area contributed by atoms with Crippen LogP contribution in [0.5, 0.6) is 0 Å². The SMILES string of the molecule is CCn1c(SC[C@H](O)CN2C[C@@H](C)O[C@H](C)C2)nnc1-c1ccccc1. The molecule has 1 fully saturated rings. The molecule has 2 aromatic rings. The van der Waals surface area contributed by atoms with Crippen molar-refractivity contribution in [1.82, 2.24) is 19.7 Å². The van der Waals surface area contributed by atoms with Gasteiger partial charge in [0.1, 0.15) is 0 Å². The zero-order chi connectivity index (χ0) is 18.5. The van der Waals surface area contributed by atoms with Gasteiger partial charge in [-0.05, 0) is 20.8 Å². The summed E-state index contributed by atoms with van der Waals surface area (Å²) in [5, 5.41) is 20.0. The molecule has 1 aliphatic rings. The Kier molecular flexibility index (Phi) is 6.69. The van der Waals surface area contributed by atoms with Crippen LogP contribution in [0.25, 0.3) is 11.4 Å². The molecule has 0 saturated carbocycles. The van der Waals surface area contributed by atoms with Gasteiger partial charge in [0.2, 0.25) is 0 Å². The molecule has 0 unspecified atom stereocenters. The fourth-order valence-electron chi connectivity index (χ4n) is 3.44. The van der Waals surface area contributed by atoms with Gasteiger partial charge >= 0.3 is 0 Å². The minimum absolute atomic E-state index is 0.218. The molecule has 1 aliphatic heterocycles. The first kappa shape index (κ1) is 19.4. The highest BCUT2D eigenvalue weighted by molar-refractivity contribution is 7.99. The predicted molar refractivity (Wildman–Crippen MR) is 104 cm³/mol. The van der Waals surface area contributed by atoms with Gasteiger partial charge in [0.25, 0.3) is 0 Å². The summed E-state index contributed by atoms with van der Waals surface area (Å²) in [6.45, 7) is 9.46. The first-order valence-electron chi connectivity index (χ1n) is 9.24. The lowest BCUT2D eigenvalue weighted by Crippen LogP contribution is -2.48. The maximum Gasteiger partial charge on any atom is 0.191 e. The second kappa shape index (κ2) is 8.99. The summed E-state index contributed by atoms with van der Waals surface area (Å²) >= 11 is 1.57. The van der Waals surface area contributed by atoms with Crippen LogP contribution in [0.4, 0.5) is 0 Å². The molecular weight excluding hydrogens is 348 g/mol. The number of aromatic nitrogens is 3. The van der Waals surface area contributed by atoms with E-state index in [4.69, 9.17) is 4.74 Å². The number of rotatable bonds is 7. The molecule has 1 saturated heterocycles. The van der Waals surface area contributed by atoms with Crippen LogP contribution in [0.3, 0.4) is 0 Å². The summed E-state index contributed by atoms with van der Waals surface area (Å²) in [5.41, 5.74) is 1.06. The predicted octanol–water partition coefficient (Wildman–Crippen LogP) is 2.53. The molecule has 142 valence electrons. The smallest absolute Gasteiger partial charge is 0.191 e. The van der Waals surface area contributed by atoms with E-state index in [9.17, 15) is 5.11 Å². The van der Waals surface area contributed by atoms with Crippen LogP contribution in [0, 0.1) is 0 Å². The highest BCUT2D eigenvalue weighted by Gasteiger charge is 2.24. The minimum Gasteiger partial charge on any atom is -0.391 e.